The van der Waals surface area contributed by atoms with Crippen molar-refractivity contribution in [2.75, 3.05) is 0 Å². The highest BCUT2D eigenvalue weighted by Gasteiger charge is 2.19. The number of hydrogen-bond donors (Lipinski definition) is 2. The molecular formula is C18H12ClFO4. The summed E-state index contributed by atoms with van der Waals surface area (Å²) in [6.45, 7) is -0.391. The van der Waals surface area contributed by atoms with Crippen molar-refractivity contribution < 1.29 is 24.1 Å². The number of carbonyl (C=O) groups is 1. The van der Waals surface area contributed by atoms with E-state index in [0.29, 0.717) is 10.8 Å². The maximum Gasteiger partial charge on any atom is 0.342 e. The van der Waals surface area contributed by atoms with Gasteiger partial charge in [0.25, 0.3) is 0 Å². The Morgan fingerprint density at radius 2 is 1.79 bits per heavy atom. The molecule has 24 heavy (non-hydrogen) atoms. The van der Waals surface area contributed by atoms with Crippen LogP contribution in [0.15, 0.2) is 48.5 Å². The minimum atomic E-state index is -0.895. The van der Waals surface area contributed by atoms with Gasteiger partial charge in [-0.15, -0.1) is 0 Å². The van der Waals surface area contributed by atoms with Gasteiger partial charge < -0.3 is 14.9 Å². The van der Waals surface area contributed by atoms with Crippen LogP contribution in [-0.4, -0.2) is 16.2 Å². The van der Waals surface area contributed by atoms with Gasteiger partial charge in [-0.05, 0) is 18.2 Å². The Hall–Kier alpha value is -2.79. The number of halogens is 2. The van der Waals surface area contributed by atoms with Gasteiger partial charge >= 0.3 is 5.97 Å². The van der Waals surface area contributed by atoms with E-state index < -0.39 is 18.4 Å². The number of aromatic hydroxyl groups is 2. The number of phenolic OH excluding ortho intramolecular Hbond substituents is 2. The number of carbonyl (C=O) groups excluding carboxylic acids is 1. The molecule has 122 valence electrons. The number of hydrogen-bond acceptors (Lipinski definition) is 4. The van der Waals surface area contributed by atoms with Crippen molar-refractivity contribution >= 4 is 28.3 Å². The van der Waals surface area contributed by atoms with E-state index in [0.717, 1.165) is 6.07 Å². The summed E-state index contributed by atoms with van der Waals surface area (Å²) in [5.41, 5.74) is -0.171. The average molecular weight is 347 g/mol. The first-order valence-corrected chi connectivity index (χ1v) is 7.40. The highest BCUT2D eigenvalue weighted by Crippen LogP contribution is 2.35. The maximum absolute atomic E-state index is 13.7. The molecule has 0 aliphatic heterocycles. The minimum Gasteiger partial charge on any atom is -0.507 e. The van der Waals surface area contributed by atoms with E-state index in [-0.39, 0.29) is 27.6 Å². The standard InChI is InChI=1S/C18H12ClFO4/c19-14-6-3-7-15(20)13(14)9-24-18(23)12-8-16(21)10-4-1-2-5-11(10)17(12)22/h1-8,21-22H,9H2. The van der Waals surface area contributed by atoms with E-state index in [2.05, 4.69) is 0 Å². The normalized spacial score (nSPS) is 10.8. The molecule has 0 bridgehead atoms. The highest BCUT2D eigenvalue weighted by molar-refractivity contribution is 6.31. The van der Waals surface area contributed by atoms with Crippen molar-refractivity contribution in [3.05, 3.63) is 70.5 Å². The zero-order valence-electron chi connectivity index (χ0n) is 12.3. The first-order chi connectivity index (χ1) is 11.5. The van der Waals surface area contributed by atoms with Crippen LogP contribution in [0.4, 0.5) is 4.39 Å². The molecule has 4 nitrogen and oxygen atoms in total. The largest absolute Gasteiger partial charge is 0.507 e. The molecule has 0 aromatic heterocycles. The van der Waals surface area contributed by atoms with E-state index in [1.54, 1.807) is 24.3 Å². The third-order valence-corrected chi connectivity index (χ3v) is 3.98. The molecule has 0 atom stereocenters. The molecule has 3 aromatic carbocycles. The molecular weight excluding hydrogens is 335 g/mol. The van der Waals surface area contributed by atoms with Gasteiger partial charge in [-0.3, -0.25) is 0 Å². The summed E-state index contributed by atoms with van der Waals surface area (Å²) >= 11 is 5.87. The van der Waals surface area contributed by atoms with Gasteiger partial charge in [0.2, 0.25) is 0 Å². The Balaban J connectivity index is 1.91. The Morgan fingerprint density at radius 1 is 1.08 bits per heavy atom. The second-order valence-corrected chi connectivity index (χ2v) is 5.52. The van der Waals surface area contributed by atoms with Crippen molar-refractivity contribution in [2.45, 2.75) is 6.61 Å². The molecule has 3 aromatic rings. The van der Waals surface area contributed by atoms with Crippen LogP contribution < -0.4 is 0 Å². The SMILES string of the molecule is O=C(OCc1c(F)cccc1Cl)c1cc(O)c2ccccc2c1O. The lowest BCUT2D eigenvalue weighted by Gasteiger charge is -2.11. The first kappa shape index (κ1) is 16.1. The molecule has 0 amide bonds. The van der Waals surface area contributed by atoms with Crippen molar-refractivity contribution in [1.29, 1.82) is 0 Å². The van der Waals surface area contributed by atoms with Crippen molar-refractivity contribution in [2.24, 2.45) is 0 Å². The van der Waals surface area contributed by atoms with Crippen LogP contribution >= 0.6 is 11.6 Å². The topological polar surface area (TPSA) is 66.8 Å². The molecule has 0 aliphatic carbocycles. The molecule has 0 saturated heterocycles. The number of phenols is 2. The van der Waals surface area contributed by atoms with E-state index in [4.69, 9.17) is 16.3 Å². The van der Waals surface area contributed by atoms with Crippen LogP contribution in [0, 0.1) is 5.82 Å². The number of ether oxygens (including phenoxy) is 1. The van der Waals surface area contributed by atoms with E-state index in [9.17, 15) is 19.4 Å². The van der Waals surface area contributed by atoms with Gasteiger partial charge in [-0.1, -0.05) is 41.9 Å². The average Bonchev–Trinajstić information content (AvgIpc) is 2.57. The lowest BCUT2D eigenvalue weighted by atomic mass is 10.0. The van der Waals surface area contributed by atoms with Gasteiger partial charge in [0.1, 0.15) is 29.5 Å². The number of rotatable bonds is 3. The summed E-state index contributed by atoms with van der Waals surface area (Å²) in [5.74, 6) is -1.97. The van der Waals surface area contributed by atoms with Crippen LogP contribution in [-0.2, 0) is 11.3 Å². The summed E-state index contributed by atoms with van der Waals surface area (Å²) < 4.78 is 18.7. The Labute approximate surface area is 141 Å². The molecule has 0 radical (unpaired) electrons. The molecule has 0 fully saturated rings. The van der Waals surface area contributed by atoms with Crippen LogP contribution in [0.25, 0.3) is 10.8 Å². The van der Waals surface area contributed by atoms with E-state index >= 15 is 0 Å². The molecule has 3 rings (SSSR count). The second-order valence-electron chi connectivity index (χ2n) is 5.11. The zero-order chi connectivity index (χ0) is 17.3. The highest BCUT2D eigenvalue weighted by atomic mass is 35.5. The Morgan fingerprint density at radius 3 is 2.50 bits per heavy atom. The molecule has 0 saturated carbocycles. The van der Waals surface area contributed by atoms with E-state index in [1.165, 1.54) is 18.2 Å². The third-order valence-electron chi connectivity index (χ3n) is 3.62. The quantitative estimate of drug-likeness (QED) is 0.545. The van der Waals surface area contributed by atoms with Gasteiger partial charge in [-0.2, -0.15) is 0 Å². The molecule has 0 aliphatic rings. The second kappa shape index (κ2) is 6.37. The fourth-order valence-corrected chi connectivity index (χ4v) is 2.60. The molecule has 0 unspecified atom stereocenters. The summed E-state index contributed by atoms with van der Waals surface area (Å²) in [6, 6.07) is 11.8. The number of esters is 1. The summed E-state index contributed by atoms with van der Waals surface area (Å²) in [7, 11) is 0. The smallest absolute Gasteiger partial charge is 0.342 e. The summed E-state index contributed by atoms with van der Waals surface area (Å²) in [5, 5.41) is 21.1. The number of benzene rings is 3. The van der Waals surface area contributed by atoms with Crippen molar-refractivity contribution in [1.82, 2.24) is 0 Å². The maximum atomic E-state index is 13.7. The molecule has 2 N–H and O–H groups in total. The summed E-state index contributed by atoms with van der Waals surface area (Å²) in [6.07, 6.45) is 0. The van der Waals surface area contributed by atoms with Crippen LogP contribution in [0.3, 0.4) is 0 Å². The Bertz CT molecular complexity index is 919. The van der Waals surface area contributed by atoms with Gasteiger partial charge in [0, 0.05) is 16.3 Å². The van der Waals surface area contributed by atoms with Gasteiger partial charge in [0.15, 0.2) is 0 Å². The predicted molar refractivity (Wildman–Crippen MR) is 87.8 cm³/mol. The molecule has 0 spiro atoms. The Kier molecular flexibility index (Phi) is 4.27. The third kappa shape index (κ3) is 2.86. The van der Waals surface area contributed by atoms with Gasteiger partial charge in [0.05, 0.1) is 5.02 Å². The zero-order valence-corrected chi connectivity index (χ0v) is 13.0. The molecule has 0 heterocycles. The van der Waals surface area contributed by atoms with E-state index in [1.807, 2.05) is 0 Å². The fourth-order valence-electron chi connectivity index (χ4n) is 2.38. The minimum absolute atomic E-state index is 0.0389. The van der Waals surface area contributed by atoms with Crippen LogP contribution in [0.2, 0.25) is 5.02 Å². The first-order valence-electron chi connectivity index (χ1n) is 7.02. The van der Waals surface area contributed by atoms with Crippen LogP contribution in [0.1, 0.15) is 15.9 Å². The lowest BCUT2D eigenvalue weighted by molar-refractivity contribution is 0.0465. The van der Waals surface area contributed by atoms with Crippen LogP contribution in [0.5, 0.6) is 11.5 Å². The van der Waals surface area contributed by atoms with Gasteiger partial charge in [-0.25, -0.2) is 9.18 Å². The fraction of sp³-hybridized carbons (Fsp3) is 0.0556. The predicted octanol–water partition coefficient (Wildman–Crippen LogP) is 4.40. The molecule has 6 heteroatoms. The summed E-state index contributed by atoms with van der Waals surface area (Å²) in [4.78, 5) is 12.2. The van der Waals surface area contributed by atoms with Crippen molar-refractivity contribution in [3.63, 3.8) is 0 Å². The van der Waals surface area contributed by atoms with Crippen molar-refractivity contribution in [3.8, 4) is 11.5 Å². The number of fused-ring (bicyclic) bond motifs is 1. The monoisotopic (exact) mass is 346 g/mol. The lowest BCUT2D eigenvalue weighted by Crippen LogP contribution is -2.07.